The van der Waals surface area contributed by atoms with Gasteiger partial charge in [-0.3, -0.25) is 20.0 Å². The Morgan fingerprint density at radius 2 is 0.667 bits per heavy atom. The van der Waals surface area contributed by atoms with Crippen LogP contribution in [0.15, 0.2) is 20.0 Å². The molecule has 15 nitrogen and oxygen atoms in total. The van der Waals surface area contributed by atoms with Gasteiger partial charge < -0.3 is 54.8 Å². The number of hydrogen-bond acceptors (Lipinski definition) is 5. The third-order valence-electron chi connectivity index (χ3n) is 10.4. The van der Waals surface area contributed by atoms with Crippen molar-refractivity contribution in [2.24, 2.45) is 66.2 Å². The maximum absolute atomic E-state index is 14.3. The van der Waals surface area contributed by atoms with E-state index in [-0.39, 0.29) is 18.0 Å². The smallest absolute Gasteiger partial charge is 0.319 e. The average Bonchev–Trinajstić information content (AvgIpc) is 3.20. The van der Waals surface area contributed by atoms with Crippen molar-refractivity contribution in [2.75, 3.05) is 65.4 Å². The zero-order valence-corrected chi connectivity index (χ0v) is 39.3. The van der Waals surface area contributed by atoms with Crippen LogP contribution in [0.4, 0.5) is 4.79 Å². The molecular weight excluding hydrogens is 753 g/mol. The molecule has 60 heavy (non-hydrogen) atoms. The predicted molar refractivity (Wildman–Crippen MR) is 259 cm³/mol. The summed E-state index contributed by atoms with van der Waals surface area (Å²) < 4.78 is 0. The fraction of sp³-hybridized carbons (Fsp3) is 0.889. The van der Waals surface area contributed by atoms with Crippen molar-refractivity contribution in [1.29, 1.82) is 0 Å². The van der Waals surface area contributed by atoms with Gasteiger partial charge in [-0.15, -0.1) is 0 Å². The number of amides is 2. The standard InChI is InChI=1S/C45H96N14O/c1-39(2)37-56-43(50)54-31-23-15-7-11-19-27-35-58(33-25-17-9-5-13-21-29-52-41(46)47)45(60)59(34-26-18-10-6-14-22-30-53-42(48)49)36-28-20-12-8-16-24-32-55-44(51)57-38-40(3)4/h39-40H,5-38H2,1-4H3,(H4,46,47,52)(H4,48,49,53)(H3,50,54,56)(H3,51,55,57). The minimum Gasteiger partial charge on any atom is -0.370 e. The Kier molecular flexibility index (Phi) is 38.3. The molecule has 0 aromatic heterocycles. The Morgan fingerprint density at radius 1 is 0.400 bits per heavy atom. The number of nitrogens with zero attached hydrogens (tertiary/aromatic N) is 6. The monoisotopic (exact) mass is 849 g/mol. The van der Waals surface area contributed by atoms with E-state index in [0.717, 1.165) is 142 Å². The normalized spacial score (nSPS) is 11.9. The van der Waals surface area contributed by atoms with E-state index in [1.54, 1.807) is 0 Å². The molecule has 15 heteroatoms. The number of carbonyl (C=O) groups is 1. The van der Waals surface area contributed by atoms with Crippen LogP contribution in [-0.4, -0.2) is 105 Å². The van der Waals surface area contributed by atoms with E-state index >= 15 is 0 Å². The van der Waals surface area contributed by atoms with E-state index < -0.39 is 0 Å². The first-order chi connectivity index (χ1) is 28.9. The zero-order chi connectivity index (χ0) is 44.5. The molecule has 0 saturated heterocycles. The number of nitrogens with two attached hydrogens (primary N) is 6. The molecule has 2 amide bonds. The number of hydrogen-bond donors (Lipinski definition) is 8. The van der Waals surface area contributed by atoms with Gasteiger partial charge in [0.1, 0.15) is 0 Å². The first kappa shape index (κ1) is 56.4. The molecule has 0 rings (SSSR count). The first-order valence-electron chi connectivity index (χ1n) is 24.1. The van der Waals surface area contributed by atoms with Gasteiger partial charge in [0, 0.05) is 65.4 Å². The van der Waals surface area contributed by atoms with E-state index in [9.17, 15) is 4.79 Å². The molecule has 0 bridgehead atoms. The number of carbonyl (C=O) groups excluding carboxylic acids is 1. The summed E-state index contributed by atoms with van der Waals surface area (Å²) in [4.78, 5) is 35.6. The lowest BCUT2D eigenvalue weighted by Gasteiger charge is -2.31. The van der Waals surface area contributed by atoms with Gasteiger partial charge in [0.05, 0.1) is 0 Å². The van der Waals surface area contributed by atoms with E-state index in [1.807, 2.05) is 0 Å². The topological polar surface area (TPSA) is 253 Å². The van der Waals surface area contributed by atoms with E-state index in [2.05, 4.69) is 68.1 Å². The van der Waals surface area contributed by atoms with Crippen LogP contribution in [-0.2, 0) is 0 Å². The van der Waals surface area contributed by atoms with Gasteiger partial charge in [-0.1, -0.05) is 130 Å². The van der Waals surface area contributed by atoms with Crippen molar-refractivity contribution >= 4 is 29.9 Å². The summed E-state index contributed by atoms with van der Waals surface area (Å²) in [6, 6.07) is 0.232. The highest BCUT2D eigenvalue weighted by Gasteiger charge is 2.20. The molecule has 0 aliphatic carbocycles. The Labute approximate surface area is 367 Å². The van der Waals surface area contributed by atoms with E-state index in [4.69, 9.17) is 34.4 Å². The maximum atomic E-state index is 14.3. The second kappa shape index (κ2) is 40.7. The van der Waals surface area contributed by atoms with Crippen LogP contribution in [0.2, 0.25) is 0 Å². The second-order valence-corrected chi connectivity index (χ2v) is 17.4. The van der Waals surface area contributed by atoms with E-state index in [1.165, 1.54) is 64.2 Å². The number of urea groups is 1. The fourth-order valence-corrected chi connectivity index (χ4v) is 6.84. The summed E-state index contributed by atoms with van der Waals surface area (Å²) in [5.41, 5.74) is 33.8. The third kappa shape index (κ3) is 39.8. The Bertz CT molecular complexity index is 1040. The summed E-state index contributed by atoms with van der Waals surface area (Å²) in [5.74, 6) is 2.45. The number of aliphatic imine (C=N–C) groups is 4. The number of unbranched alkanes of at least 4 members (excludes halogenated alkanes) is 20. The van der Waals surface area contributed by atoms with Gasteiger partial charge in [-0.05, 0) is 63.2 Å². The molecule has 0 aliphatic heterocycles. The highest BCUT2D eigenvalue weighted by Crippen LogP contribution is 2.15. The largest absolute Gasteiger partial charge is 0.370 e. The van der Waals surface area contributed by atoms with Gasteiger partial charge in [-0.2, -0.15) is 0 Å². The van der Waals surface area contributed by atoms with Gasteiger partial charge in [-0.25, -0.2) is 4.79 Å². The lowest BCUT2D eigenvalue weighted by molar-refractivity contribution is 0.148. The summed E-state index contributed by atoms with van der Waals surface area (Å²) >= 11 is 0. The Hall–Kier alpha value is -3.65. The molecule has 0 unspecified atom stereocenters. The summed E-state index contributed by atoms with van der Waals surface area (Å²) in [6.45, 7) is 16.5. The highest BCUT2D eigenvalue weighted by atomic mass is 16.2. The number of nitrogens with one attached hydrogen (secondary N) is 2. The van der Waals surface area contributed by atoms with Crippen LogP contribution in [0.3, 0.4) is 0 Å². The van der Waals surface area contributed by atoms with Gasteiger partial charge in [0.25, 0.3) is 0 Å². The fourth-order valence-electron chi connectivity index (χ4n) is 6.84. The lowest BCUT2D eigenvalue weighted by Crippen LogP contribution is -2.45. The van der Waals surface area contributed by atoms with Crippen molar-refractivity contribution in [2.45, 2.75) is 182 Å². The molecule has 352 valence electrons. The van der Waals surface area contributed by atoms with Crippen LogP contribution in [0.25, 0.3) is 0 Å². The van der Waals surface area contributed by atoms with Crippen LogP contribution >= 0.6 is 0 Å². The van der Waals surface area contributed by atoms with Crippen LogP contribution in [0, 0.1) is 11.8 Å². The Morgan fingerprint density at radius 3 is 0.950 bits per heavy atom. The number of rotatable bonds is 40. The van der Waals surface area contributed by atoms with Crippen molar-refractivity contribution in [3.05, 3.63) is 0 Å². The second-order valence-electron chi connectivity index (χ2n) is 17.4. The molecule has 0 radical (unpaired) electrons. The maximum Gasteiger partial charge on any atom is 0.319 e. The molecule has 0 saturated carbocycles. The van der Waals surface area contributed by atoms with E-state index in [0.29, 0.717) is 36.8 Å². The predicted octanol–water partition coefficient (Wildman–Crippen LogP) is 6.74. The molecule has 0 atom stereocenters. The lowest BCUT2D eigenvalue weighted by atomic mass is 10.1. The quantitative estimate of drug-likeness (QED) is 0.0184. The molecule has 0 aliphatic rings. The van der Waals surface area contributed by atoms with Crippen LogP contribution in [0.5, 0.6) is 0 Å². The average molecular weight is 849 g/mol. The SMILES string of the molecule is CC(C)CN=C(N)NCCCCCCCCN(CCCCCCCCN=C(N)N)C(=O)N(CCCCCCCCN=C(N)N)CCCCCCCCNC(N)=NCC(C)C. The zero-order valence-electron chi connectivity index (χ0n) is 39.3. The van der Waals surface area contributed by atoms with Crippen molar-refractivity contribution in [3.8, 4) is 0 Å². The molecule has 0 aromatic carbocycles. The minimum atomic E-state index is 0.167. The molecule has 0 aromatic rings. The first-order valence-corrected chi connectivity index (χ1v) is 24.1. The van der Waals surface area contributed by atoms with Crippen LogP contribution < -0.4 is 45.0 Å². The number of guanidine groups is 4. The van der Waals surface area contributed by atoms with Gasteiger partial charge in [0.2, 0.25) is 0 Å². The summed E-state index contributed by atoms with van der Waals surface area (Å²) in [6.07, 6.45) is 26.9. The van der Waals surface area contributed by atoms with Crippen LogP contribution in [0.1, 0.15) is 182 Å². The molecular formula is C45H96N14O. The third-order valence-corrected chi connectivity index (χ3v) is 10.4. The minimum absolute atomic E-state index is 0.167. The highest BCUT2D eigenvalue weighted by molar-refractivity contribution is 5.78. The molecule has 0 fully saturated rings. The van der Waals surface area contributed by atoms with Crippen molar-refractivity contribution in [3.63, 3.8) is 0 Å². The summed E-state index contributed by atoms with van der Waals surface area (Å²) in [7, 11) is 0. The molecule has 0 spiro atoms. The summed E-state index contributed by atoms with van der Waals surface area (Å²) in [5, 5.41) is 6.48. The Balaban J connectivity index is 5.14. The molecule has 0 heterocycles. The van der Waals surface area contributed by atoms with Gasteiger partial charge >= 0.3 is 6.03 Å². The van der Waals surface area contributed by atoms with Crippen molar-refractivity contribution in [1.82, 2.24) is 20.4 Å². The van der Waals surface area contributed by atoms with Crippen molar-refractivity contribution < 1.29 is 4.79 Å². The molecule has 14 N–H and O–H groups in total. The van der Waals surface area contributed by atoms with Gasteiger partial charge in [0.15, 0.2) is 23.8 Å².